The fourth-order valence-electron chi connectivity index (χ4n) is 0.709. The summed E-state index contributed by atoms with van der Waals surface area (Å²) in [6, 6.07) is 0. The quantitative estimate of drug-likeness (QED) is 0.497. The van der Waals surface area contributed by atoms with Crippen LogP contribution in [0.3, 0.4) is 0 Å². The maximum atomic E-state index is 5.08. The van der Waals surface area contributed by atoms with Crippen LogP contribution in [0.1, 0.15) is 6.42 Å². The predicted octanol–water partition coefficient (Wildman–Crippen LogP) is 0.935. The molecule has 0 aromatic carbocycles. The lowest BCUT2D eigenvalue weighted by atomic mass is 10.1. The molecule has 0 saturated carbocycles. The van der Waals surface area contributed by atoms with Gasteiger partial charge in [-0.05, 0) is 6.08 Å². The summed E-state index contributed by atoms with van der Waals surface area (Å²) in [6.07, 6.45) is 2.63. The summed E-state index contributed by atoms with van der Waals surface area (Å²) < 4.78 is 10.1. The maximum absolute atomic E-state index is 5.08. The van der Waals surface area contributed by atoms with Gasteiger partial charge in [-0.25, -0.2) is 0 Å². The Kier molecular flexibility index (Phi) is 1.36. The number of hydrogen-bond donors (Lipinski definition) is 0. The lowest BCUT2D eigenvalue weighted by Crippen LogP contribution is -2.43. The minimum absolute atomic E-state index is 0.431. The molecule has 0 spiro atoms. The van der Waals surface area contributed by atoms with E-state index in [2.05, 4.69) is 6.58 Å². The lowest BCUT2D eigenvalue weighted by Gasteiger charge is -2.37. The number of hydrogen-bond acceptors (Lipinski definition) is 2. The van der Waals surface area contributed by atoms with E-state index >= 15 is 0 Å². The molecule has 1 atom stereocenters. The van der Waals surface area contributed by atoms with Crippen molar-refractivity contribution in [2.45, 2.75) is 12.2 Å². The second kappa shape index (κ2) is 1.88. The number of ether oxygens (including phenoxy) is 2. The Morgan fingerprint density at radius 1 is 1.88 bits per heavy atom. The molecule has 1 unspecified atom stereocenters. The Bertz CT molecular complexity index is 89.2. The van der Waals surface area contributed by atoms with Crippen molar-refractivity contribution in [2.24, 2.45) is 0 Å². The van der Waals surface area contributed by atoms with E-state index in [0.29, 0.717) is 0 Å². The molecule has 1 heterocycles. The van der Waals surface area contributed by atoms with Crippen LogP contribution < -0.4 is 0 Å². The van der Waals surface area contributed by atoms with Gasteiger partial charge in [0.25, 0.3) is 0 Å². The average Bonchev–Trinajstić information content (AvgIpc) is 1.67. The normalized spacial score (nSPS) is 36.1. The van der Waals surface area contributed by atoms with Crippen LogP contribution in [-0.2, 0) is 9.47 Å². The molecule has 1 aliphatic heterocycles. The molecule has 2 nitrogen and oxygen atoms in total. The van der Waals surface area contributed by atoms with E-state index in [1.54, 1.807) is 13.2 Å². The molecule has 0 radical (unpaired) electrons. The third kappa shape index (κ3) is 0.659. The number of rotatable bonds is 2. The van der Waals surface area contributed by atoms with Crippen molar-refractivity contribution >= 4 is 0 Å². The average molecular weight is 114 g/mol. The van der Waals surface area contributed by atoms with Crippen LogP contribution in [0.5, 0.6) is 0 Å². The molecule has 0 bridgehead atoms. The molecular formula is C6H10O2. The monoisotopic (exact) mass is 114 g/mol. The highest BCUT2D eigenvalue weighted by molar-refractivity contribution is 4.94. The van der Waals surface area contributed by atoms with E-state index in [0.717, 1.165) is 13.0 Å². The van der Waals surface area contributed by atoms with Crippen molar-refractivity contribution in [2.75, 3.05) is 13.7 Å². The van der Waals surface area contributed by atoms with E-state index in [1.165, 1.54) is 0 Å². The zero-order chi connectivity index (χ0) is 6.04. The van der Waals surface area contributed by atoms with E-state index in [1.807, 2.05) is 0 Å². The molecule has 8 heavy (non-hydrogen) atoms. The first-order valence-corrected chi connectivity index (χ1v) is 2.66. The topological polar surface area (TPSA) is 18.5 Å². The highest BCUT2D eigenvalue weighted by atomic mass is 16.7. The molecule has 46 valence electrons. The Morgan fingerprint density at radius 2 is 2.50 bits per heavy atom. The van der Waals surface area contributed by atoms with Gasteiger partial charge in [-0.15, -0.1) is 0 Å². The van der Waals surface area contributed by atoms with Crippen LogP contribution in [0.25, 0.3) is 0 Å². The van der Waals surface area contributed by atoms with Crippen LogP contribution >= 0.6 is 0 Å². The summed E-state index contributed by atoms with van der Waals surface area (Å²) in [5.41, 5.74) is 0. The van der Waals surface area contributed by atoms with Gasteiger partial charge in [-0.3, -0.25) is 0 Å². The largest absolute Gasteiger partial charge is 0.350 e. The van der Waals surface area contributed by atoms with Gasteiger partial charge in [0.2, 0.25) is 0 Å². The van der Waals surface area contributed by atoms with Gasteiger partial charge in [0.1, 0.15) is 0 Å². The summed E-state index contributed by atoms with van der Waals surface area (Å²) in [7, 11) is 1.63. The van der Waals surface area contributed by atoms with Gasteiger partial charge in [0.05, 0.1) is 6.61 Å². The van der Waals surface area contributed by atoms with Gasteiger partial charge in [-0.1, -0.05) is 6.58 Å². The van der Waals surface area contributed by atoms with Gasteiger partial charge in [0, 0.05) is 13.5 Å². The van der Waals surface area contributed by atoms with Gasteiger partial charge < -0.3 is 9.47 Å². The van der Waals surface area contributed by atoms with Crippen molar-refractivity contribution < 1.29 is 9.47 Å². The molecular weight excluding hydrogens is 104 g/mol. The molecule has 0 amide bonds. The molecule has 0 N–H and O–H groups in total. The Balaban J connectivity index is 2.45. The minimum atomic E-state index is -0.431. The van der Waals surface area contributed by atoms with Gasteiger partial charge >= 0.3 is 0 Å². The second-order valence-corrected chi connectivity index (χ2v) is 1.82. The molecule has 2 heteroatoms. The summed E-state index contributed by atoms with van der Waals surface area (Å²) in [5.74, 6) is -0.431. The van der Waals surface area contributed by atoms with Crippen molar-refractivity contribution in [1.82, 2.24) is 0 Å². The van der Waals surface area contributed by atoms with Crippen LogP contribution in [0.2, 0.25) is 0 Å². The lowest BCUT2D eigenvalue weighted by molar-refractivity contribution is -0.263. The fraction of sp³-hybridized carbons (Fsp3) is 0.667. The summed E-state index contributed by atoms with van der Waals surface area (Å²) >= 11 is 0. The SMILES string of the molecule is C=CC1(OC)CCO1. The highest BCUT2D eigenvalue weighted by Crippen LogP contribution is 2.27. The van der Waals surface area contributed by atoms with Crippen molar-refractivity contribution in [3.63, 3.8) is 0 Å². The maximum Gasteiger partial charge on any atom is 0.189 e. The Labute approximate surface area is 49.1 Å². The molecule has 0 aliphatic carbocycles. The molecule has 1 fully saturated rings. The zero-order valence-electron chi connectivity index (χ0n) is 5.02. The molecule has 0 aromatic rings. The van der Waals surface area contributed by atoms with Crippen LogP contribution in [0, 0.1) is 0 Å². The third-order valence-electron chi connectivity index (χ3n) is 1.45. The highest BCUT2D eigenvalue weighted by Gasteiger charge is 2.34. The number of methoxy groups -OCH3 is 1. The van der Waals surface area contributed by atoms with E-state index < -0.39 is 5.79 Å². The molecule has 1 rings (SSSR count). The fourth-order valence-corrected chi connectivity index (χ4v) is 0.709. The molecule has 1 aliphatic rings. The Morgan fingerprint density at radius 3 is 2.50 bits per heavy atom. The van der Waals surface area contributed by atoms with Crippen molar-refractivity contribution in [3.8, 4) is 0 Å². The molecule has 0 aromatic heterocycles. The molecule has 1 saturated heterocycles. The van der Waals surface area contributed by atoms with Crippen LogP contribution in [0.15, 0.2) is 12.7 Å². The van der Waals surface area contributed by atoms with E-state index in [9.17, 15) is 0 Å². The first-order valence-electron chi connectivity index (χ1n) is 2.66. The summed E-state index contributed by atoms with van der Waals surface area (Å²) in [4.78, 5) is 0. The Hall–Kier alpha value is -0.340. The van der Waals surface area contributed by atoms with Crippen LogP contribution in [0.4, 0.5) is 0 Å². The van der Waals surface area contributed by atoms with Gasteiger partial charge in [-0.2, -0.15) is 0 Å². The van der Waals surface area contributed by atoms with E-state index in [4.69, 9.17) is 9.47 Å². The summed E-state index contributed by atoms with van der Waals surface area (Å²) in [5, 5.41) is 0. The summed E-state index contributed by atoms with van der Waals surface area (Å²) in [6.45, 7) is 4.37. The van der Waals surface area contributed by atoms with Crippen LogP contribution in [-0.4, -0.2) is 19.5 Å². The standard InChI is InChI=1S/C6H10O2/c1-3-6(7-2)4-5-8-6/h3H,1,4-5H2,2H3. The van der Waals surface area contributed by atoms with E-state index in [-0.39, 0.29) is 0 Å². The first-order chi connectivity index (χ1) is 3.83. The second-order valence-electron chi connectivity index (χ2n) is 1.82. The zero-order valence-corrected chi connectivity index (χ0v) is 5.02. The van der Waals surface area contributed by atoms with Gasteiger partial charge in [0.15, 0.2) is 5.79 Å². The predicted molar refractivity (Wildman–Crippen MR) is 30.5 cm³/mol. The van der Waals surface area contributed by atoms with Crippen molar-refractivity contribution in [1.29, 1.82) is 0 Å². The van der Waals surface area contributed by atoms with Crippen molar-refractivity contribution in [3.05, 3.63) is 12.7 Å². The smallest absolute Gasteiger partial charge is 0.189 e. The first kappa shape index (κ1) is 5.79. The minimum Gasteiger partial charge on any atom is -0.350 e. The third-order valence-corrected chi connectivity index (χ3v) is 1.45.